The minimum Gasteiger partial charge on any atom is -0.322 e. The van der Waals surface area contributed by atoms with E-state index in [0.717, 1.165) is 32.0 Å². The number of amides is 1. The second-order valence-electron chi connectivity index (χ2n) is 5.77. The number of para-hydroxylation sites is 2. The van der Waals surface area contributed by atoms with Crippen molar-refractivity contribution >= 4 is 39.2 Å². The van der Waals surface area contributed by atoms with Gasteiger partial charge in [0.05, 0.1) is 15.9 Å². The number of carbonyl (C=O) groups is 1. The highest BCUT2D eigenvalue weighted by atomic mass is 32.1. The van der Waals surface area contributed by atoms with Crippen molar-refractivity contribution in [1.29, 1.82) is 0 Å². The summed E-state index contributed by atoms with van der Waals surface area (Å²) < 4.78 is 1.13. The van der Waals surface area contributed by atoms with Crippen molar-refractivity contribution in [3.63, 3.8) is 0 Å². The van der Waals surface area contributed by atoms with Gasteiger partial charge in [-0.15, -0.1) is 11.3 Å². The van der Waals surface area contributed by atoms with Crippen LogP contribution in [0.3, 0.4) is 0 Å². The second kappa shape index (κ2) is 7.33. The van der Waals surface area contributed by atoms with Gasteiger partial charge in [-0.1, -0.05) is 54.6 Å². The van der Waals surface area contributed by atoms with Crippen LogP contribution in [-0.4, -0.2) is 10.9 Å². The molecule has 3 aromatic carbocycles. The van der Waals surface area contributed by atoms with E-state index in [9.17, 15) is 4.79 Å². The maximum atomic E-state index is 12.3. The number of aromatic nitrogens is 1. The lowest BCUT2D eigenvalue weighted by molar-refractivity contribution is -0.111. The molecule has 0 unspecified atom stereocenters. The smallest absolute Gasteiger partial charge is 0.248 e. The van der Waals surface area contributed by atoms with E-state index in [1.807, 2.05) is 72.8 Å². The highest BCUT2D eigenvalue weighted by molar-refractivity contribution is 7.21. The summed E-state index contributed by atoms with van der Waals surface area (Å²) in [5.74, 6) is -0.164. The molecule has 4 aromatic rings. The Kier molecular flexibility index (Phi) is 4.58. The number of hydrogen-bond donors (Lipinski definition) is 1. The van der Waals surface area contributed by atoms with Gasteiger partial charge in [-0.2, -0.15) is 0 Å². The summed E-state index contributed by atoms with van der Waals surface area (Å²) in [7, 11) is 0. The molecule has 0 aliphatic heterocycles. The van der Waals surface area contributed by atoms with Gasteiger partial charge in [0.15, 0.2) is 0 Å². The Morgan fingerprint density at radius 3 is 2.46 bits per heavy atom. The number of nitrogens with one attached hydrogen (secondary N) is 1. The summed E-state index contributed by atoms with van der Waals surface area (Å²) >= 11 is 1.62. The lowest BCUT2D eigenvalue weighted by Gasteiger charge is -2.07. The van der Waals surface area contributed by atoms with Crippen LogP contribution in [0.15, 0.2) is 84.9 Å². The molecule has 1 N–H and O–H groups in total. The molecule has 1 amide bonds. The Hall–Kier alpha value is -3.24. The summed E-state index contributed by atoms with van der Waals surface area (Å²) in [5, 5.41) is 3.86. The molecule has 0 spiro atoms. The van der Waals surface area contributed by atoms with E-state index in [0.29, 0.717) is 0 Å². The van der Waals surface area contributed by atoms with E-state index in [1.54, 1.807) is 23.5 Å². The average molecular weight is 356 g/mol. The van der Waals surface area contributed by atoms with E-state index in [2.05, 4.69) is 11.4 Å². The molecule has 1 heterocycles. The summed E-state index contributed by atoms with van der Waals surface area (Å²) in [6.45, 7) is 0. The number of benzene rings is 3. The predicted molar refractivity (Wildman–Crippen MR) is 109 cm³/mol. The van der Waals surface area contributed by atoms with Crippen molar-refractivity contribution in [2.24, 2.45) is 0 Å². The van der Waals surface area contributed by atoms with E-state index in [-0.39, 0.29) is 5.91 Å². The maximum Gasteiger partial charge on any atom is 0.248 e. The van der Waals surface area contributed by atoms with Gasteiger partial charge in [0.25, 0.3) is 0 Å². The summed E-state index contributed by atoms with van der Waals surface area (Å²) in [6, 6.07) is 25.5. The standard InChI is InChI=1S/C22H16N2OS/c25-21(15-14-16-8-2-1-3-9-16)23-18-11-5-4-10-17(18)22-24-19-12-6-7-13-20(19)26-22/h1-15H,(H,23,25)/b15-14-. The van der Waals surface area contributed by atoms with Crippen LogP contribution in [0.2, 0.25) is 0 Å². The first kappa shape index (κ1) is 16.2. The Labute approximate surface area is 155 Å². The molecule has 4 heteroatoms. The molecule has 0 aliphatic rings. The molecular weight excluding hydrogens is 340 g/mol. The van der Waals surface area contributed by atoms with Crippen molar-refractivity contribution in [3.05, 3.63) is 90.5 Å². The zero-order valence-electron chi connectivity index (χ0n) is 13.9. The zero-order valence-corrected chi connectivity index (χ0v) is 14.7. The van der Waals surface area contributed by atoms with Gasteiger partial charge in [0, 0.05) is 11.6 Å². The lowest BCUT2D eigenvalue weighted by Crippen LogP contribution is -2.08. The Morgan fingerprint density at radius 2 is 1.62 bits per heavy atom. The van der Waals surface area contributed by atoms with Crippen LogP contribution >= 0.6 is 11.3 Å². The summed E-state index contributed by atoms with van der Waals surface area (Å²) in [5.41, 5.74) is 3.64. The van der Waals surface area contributed by atoms with Crippen molar-refractivity contribution in [2.75, 3.05) is 5.32 Å². The lowest BCUT2D eigenvalue weighted by atomic mass is 10.1. The van der Waals surface area contributed by atoms with E-state index >= 15 is 0 Å². The number of rotatable bonds is 4. The largest absolute Gasteiger partial charge is 0.322 e. The third-order valence-electron chi connectivity index (χ3n) is 3.94. The van der Waals surface area contributed by atoms with E-state index < -0.39 is 0 Å². The minimum absolute atomic E-state index is 0.164. The molecule has 126 valence electrons. The molecule has 0 saturated carbocycles. The van der Waals surface area contributed by atoms with Crippen molar-refractivity contribution in [3.8, 4) is 10.6 Å². The first-order valence-corrected chi connectivity index (χ1v) is 9.10. The summed E-state index contributed by atoms with van der Waals surface area (Å²) in [4.78, 5) is 17.0. The number of nitrogens with zero attached hydrogens (tertiary/aromatic N) is 1. The normalized spacial score (nSPS) is 11.1. The van der Waals surface area contributed by atoms with Crippen LogP contribution in [0.1, 0.15) is 5.56 Å². The highest BCUT2D eigenvalue weighted by Crippen LogP contribution is 2.34. The van der Waals surface area contributed by atoms with Gasteiger partial charge in [-0.05, 0) is 35.9 Å². The van der Waals surface area contributed by atoms with Gasteiger partial charge in [0.1, 0.15) is 5.01 Å². The van der Waals surface area contributed by atoms with Crippen molar-refractivity contribution in [1.82, 2.24) is 4.98 Å². The molecular formula is C22H16N2OS. The third kappa shape index (κ3) is 3.55. The molecule has 0 fully saturated rings. The fraction of sp³-hybridized carbons (Fsp3) is 0. The Balaban J connectivity index is 1.59. The van der Waals surface area contributed by atoms with Crippen LogP contribution in [-0.2, 0) is 4.79 Å². The van der Waals surface area contributed by atoms with Gasteiger partial charge in [0.2, 0.25) is 5.91 Å². The van der Waals surface area contributed by atoms with Crippen molar-refractivity contribution in [2.45, 2.75) is 0 Å². The number of anilines is 1. The predicted octanol–water partition coefficient (Wildman–Crippen LogP) is 5.62. The number of fused-ring (bicyclic) bond motifs is 1. The Bertz CT molecular complexity index is 1050. The van der Waals surface area contributed by atoms with E-state index in [1.165, 1.54) is 0 Å². The quantitative estimate of drug-likeness (QED) is 0.483. The molecule has 0 aliphatic carbocycles. The molecule has 0 saturated heterocycles. The number of hydrogen-bond acceptors (Lipinski definition) is 3. The fourth-order valence-corrected chi connectivity index (χ4v) is 3.68. The third-order valence-corrected chi connectivity index (χ3v) is 5.01. The van der Waals surface area contributed by atoms with Crippen LogP contribution < -0.4 is 5.32 Å². The molecule has 0 bridgehead atoms. The van der Waals surface area contributed by atoms with Gasteiger partial charge < -0.3 is 5.32 Å². The number of carbonyl (C=O) groups excluding carboxylic acids is 1. The van der Waals surface area contributed by atoms with Gasteiger partial charge in [-0.25, -0.2) is 4.98 Å². The highest BCUT2D eigenvalue weighted by Gasteiger charge is 2.11. The van der Waals surface area contributed by atoms with Crippen LogP contribution in [0.5, 0.6) is 0 Å². The minimum atomic E-state index is -0.164. The van der Waals surface area contributed by atoms with Crippen molar-refractivity contribution < 1.29 is 4.79 Å². The molecule has 0 atom stereocenters. The van der Waals surface area contributed by atoms with E-state index in [4.69, 9.17) is 4.98 Å². The first-order chi connectivity index (χ1) is 12.8. The Morgan fingerprint density at radius 1 is 0.885 bits per heavy atom. The number of thiazole rings is 1. The monoisotopic (exact) mass is 356 g/mol. The zero-order chi connectivity index (χ0) is 17.8. The topological polar surface area (TPSA) is 42.0 Å². The van der Waals surface area contributed by atoms with Crippen LogP contribution in [0.25, 0.3) is 26.9 Å². The van der Waals surface area contributed by atoms with Gasteiger partial charge >= 0.3 is 0 Å². The molecule has 4 rings (SSSR count). The van der Waals surface area contributed by atoms with Crippen LogP contribution in [0, 0.1) is 0 Å². The first-order valence-electron chi connectivity index (χ1n) is 8.29. The summed E-state index contributed by atoms with van der Waals surface area (Å²) in [6.07, 6.45) is 3.35. The van der Waals surface area contributed by atoms with Crippen LogP contribution in [0.4, 0.5) is 5.69 Å². The molecule has 3 nitrogen and oxygen atoms in total. The molecule has 26 heavy (non-hydrogen) atoms. The maximum absolute atomic E-state index is 12.3. The second-order valence-corrected chi connectivity index (χ2v) is 6.80. The molecule has 1 aromatic heterocycles. The fourth-order valence-electron chi connectivity index (χ4n) is 2.68. The SMILES string of the molecule is O=C(/C=C\c1ccccc1)Nc1ccccc1-c1nc2ccccc2s1. The average Bonchev–Trinajstić information content (AvgIpc) is 3.12. The van der Waals surface area contributed by atoms with Gasteiger partial charge in [-0.3, -0.25) is 4.79 Å². The molecule has 0 radical (unpaired) electrons.